The third-order valence-corrected chi connectivity index (χ3v) is 1.96. The zero-order valence-electron chi connectivity index (χ0n) is 6.56. The van der Waals surface area contributed by atoms with Crippen LogP contribution in [0.4, 0.5) is 13.2 Å². The second-order valence-corrected chi connectivity index (χ2v) is 2.96. The summed E-state index contributed by atoms with van der Waals surface area (Å²) in [5.41, 5.74) is -0.631. The number of halogens is 4. The number of aromatic nitrogens is 3. The lowest BCUT2D eigenvalue weighted by molar-refractivity contribution is -0.140. The Morgan fingerprint density at radius 1 is 1.29 bits per heavy atom. The molecular weight excluding hydrogens is 219 g/mol. The summed E-state index contributed by atoms with van der Waals surface area (Å²) in [5.74, 6) is 0. The van der Waals surface area contributed by atoms with Crippen molar-refractivity contribution >= 4 is 22.6 Å². The van der Waals surface area contributed by atoms with E-state index in [1.807, 2.05) is 0 Å². The van der Waals surface area contributed by atoms with E-state index in [0.29, 0.717) is 0 Å². The van der Waals surface area contributed by atoms with Gasteiger partial charge in [-0.15, -0.1) is 0 Å². The summed E-state index contributed by atoms with van der Waals surface area (Å²) in [6.45, 7) is 0. The molecule has 0 saturated carbocycles. The molecule has 74 valence electrons. The number of aromatic amines is 1. The van der Waals surface area contributed by atoms with E-state index < -0.39 is 11.9 Å². The Labute approximate surface area is 80.9 Å². The van der Waals surface area contributed by atoms with E-state index >= 15 is 0 Å². The molecule has 2 heterocycles. The molecule has 0 amide bonds. The Kier molecular flexibility index (Phi) is 1.88. The van der Waals surface area contributed by atoms with Gasteiger partial charge in [0.2, 0.25) is 0 Å². The highest BCUT2D eigenvalue weighted by atomic mass is 35.5. The average Bonchev–Trinajstić information content (AvgIpc) is 2.48. The van der Waals surface area contributed by atoms with Crippen molar-refractivity contribution in [2.45, 2.75) is 6.18 Å². The second kappa shape index (κ2) is 2.84. The van der Waals surface area contributed by atoms with Gasteiger partial charge in [0.25, 0.3) is 0 Å². The fourth-order valence-electron chi connectivity index (χ4n) is 1.06. The van der Waals surface area contributed by atoms with Crippen LogP contribution in [0, 0.1) is 0 Å². The Morgan fingerprint density at radius 3 is 2.57 bits per heavy atom. The van der Waals surface area contributed by atoms with E-state index in [1.165, 1.54) is 0 Å². The van der Waals surface area contributed by atoms with Crippen molar-refractivity contribution in [3.8, 4) is 0 Å². The molecule has 2 aromatic heterocycles. The molecule has 0 aliphatic carbocycles. The van der Waals surface area contributed by atoms with Crippen LogP contribution in [0.5, 0.6) is 0 Å². The highest BCUT2D eigenvalue weighted by Crippen LogP contribution is 2.31. The smallest absolute Gasteiger partial charge is 0.347 e. The molecule has 1 N–H and O–H groups in total. The molecule has 0 fully saturated rings. The molecule has 0 aromatic carbocycles. The molecule has 7 heteroatoms. The van der Waals surface area contributed by atoms with E-state index in [9.17, 15) is 13.2 Å². The lowest BCUT2D eigenvalue weighted by Crippen LogP contribution is -2.04. The van der Waals surface area contributed by atoms with Crippen LogP contribution in [-0.2, 0) is 6.18 Å². The molecule has 0 aliphatic rings. The lowest BCUT2D eigenvalue weighted by Gasteiger charge is -2.00. The molecule has 3 nitrogen and oxygen atoms in total. The van der Waals surface area contributed by atoms with E-state index in [2.05, 4.69) is 15.0 Å². The van der Waals surface area contributed by atoms with Crippen molar-refractivity contribution in [2.75, 3.05) is 0 Å². The van der Waals surface area contributed by atoms with Gasteiger partial charge >= 0.3 is 6.18 Å². The van der Waals surface area contributed by atoms with Crippen LogP contribution in [0.25, 0.3) is 11.0 Å². The van der Waals surface area contributed by atoms with Crippen molar-refractivity contribution in [1.82, 2.24) is 15.0 Å². The van der Waals surface area contributed by atoms with Crippen LogP contribution in [0.1, 0.15) is 5.69 Å². The highest BCUT2D eigenvalue weighted by Gasteiger charge is 2.33. The summed E-state index contributed by atoms with van der Waals surface area (Å²) in [6, 6.07) is 0.892. The standard InChI is InChI=1S/C7H3ClF3N3/c8-6-5-3(12-2-13-6)1-4(14-5)7(9,10)11/h1-2,14H. The van der Waals surface area contributed by atoms with Gasteiger partial charge in [-0.1, -0.05) is 11.6 Å². The normalized spacial score (nSPS) is 12.3. The Bertz CT molecular complexity index is 476. The van der Waals surface area contributed by atoms with Gasteiger partial charge in [-0.05, 0) is 6.07 Å². The van der Waals surface area contributed by atoms with Crippen molar-refractivity contribution in [3.63, 3.8) is 0 Å². The minimum Gasteiger partial charge on any atom is -0.347 e. The number of nitrogens with one attached hydrogen (secondary N) is 1. The van der Waals surface area contributed by atoms with Crippen molar-refractivity contribution in [3.05, 3.63) is 23.2 Å². The Morgan fingerprint density at radius 2 is 2.00 bits per heavy atom. The van der Waals surface area contributed by atoms with Gasteiger partial charge in [0.05, 0.1) is 5.52 Å². The number of nitrogens with zero attached hydrogens (tertiary/aromatic N) is 2. The van der Waals surface area contributed by atoms with Gasteiger partial charge in [-0.2, -0.15) is 13.2 Å². The quantitative estimate of drug-likeness (QED) is 0.695. The van der Waals surface area contributed by atoms with Crippen LogP contribution in [0.15, 0.2) is 12.4 Å². The fourth-order valence-corrected chi connectivity index (χ4v) is 1.25. The first-order valence-corrected chi connectivity index (χ1v) is 3.92. The maximum Gasteiger partial charge on any atom is 0.431 e. The van der Waals surface area contributed by atoms with E-state index in [4.69, 9.17) is 11.6 Å². The second-order valence-electron chi connectivity index (χ2n) is 2.61. The van der Waals surface area contributed by atoms with Crippen LogP contribution in [-0.4, -0.2) is 15.0 Å². The average molecular weight is 222 g/mol. The lowest BCUT2D eigenvalue weighted by atomic mass is 10.4. The summed E-state index contributed by atoms with van der Waals surface area (Å²) in [5, 5.41) is -0.0227. The zero-order valence-corrected chi connectivity index (χ0v) is 7.32. The minimum absolute atomic E-state index is 0.0227. The highest BCUT2D eigenvalue weighted by molar-refractivity contribution is 6.33. The van der Waals surface area contributed by atoms with Crippen molar-refractivity contribution in [1.29, 1.82) is 0 Å². The molecular formula is C7H3ClF3N3. The predicted molar refractivity (Wildman–Crippen MR) is 43.9 cm³/mol. The first-order chi connectivity index (χ1) is 6.48. The summed E-state index contributed by atoms with van der Waals surface area (Å²) in [6.07, 6.45) is -3.32. The molecule has 0 radical (unpaired) electrons. The maximum atomic E-state index is 12.2. The third-order valence-electron chi connectivity index (χ3n) is 1.68. The predicted octanol–water partition coefficient (Wildman–Crippen LogP) is 2.63. The minimum atomic E-state index is -4.43. The van der Waals surface area contributed by atoms with E-state index in [1.54, 1.807) is 0 Å². The van der Waals surface area contributed by atoms with Crippen molar-refractivity contribution in [2.24, 2.45) is 0 Å². The van der Waals surface area contributed by atoms with Crippen molar-refractivity contribution < 1.29 is 13.2 Å². The molecule has 14 heavy (non-hydrogen) atoms. The first-order valence-electron chi connectivity index (χ1n) is 3.55. The van der Waals surface area contributed by atoms with Gasteiger partial charge in [-0.3, -0.25) is 0 Å². The molecule has 0 bridgehead atoms. The van der Waals surface area contributed by atoms with Gasteiger partial charge in [0.1, 0.15) is 17.5 Å². The zero-order chi connectivity index (χ0) is 10.3. The largest absolute Gasteiger partial charge is 0.431 e. The maximum absolute atomic E-state index is 12.2. The number of H-pyrrole nitrogens is 1. The molecule has 0 atom stereocenters. The summed E-state index contributed by atoms with van der Waals surface area (Å²) < 4.78 is 36.7. The number of alkyl halides is 3. The monoisotopic (exact) mass is 221 g/mol. The van der Waals surface area contributed by atoms with Gasteiger partial charge < -0.3 is 4.98 Å². The summed E-state index contributed by atoms with van der Waals surface area (Å²) in [7, 11) is 0. The number of rotatable bonds is 0. The number of fused-ring (bicyclic) bond motifs is 1. The third kappa shape index (κ3) is 1.41. The molecule has 0 unspecified atom stereocenters. The van der Waals surface area contributed by atoms with Gasteiger partial charge in [0.15, 0.2) is 5.15 Å². The number of hydrogen-bond acceptors (Lipinski definition) is 2. The fraction of sp³-hybridized carbons (Fsp3) is 0.143. The summed E-state index contributed by atoms with van der Waals surface area (Å²) in [4.78, 5) is 9.33. The SMILES string of the molecule is FC(F)(F)c1cc2ncnc(Cl)c2[nH]1. The molecule has 2 rings (SSSR count). The van der Waals surface area contributed by atoms with Crippen LogP contribution < -0.4 is 0 Å². The number of hydrogen-bond donors (Lipinski definition) is 1. The van der Waals surface area contributed by atoms with E-state index in [-0.39, 0.29) is 16.2 Å². The van der Waals surface area contributed by atoms with Crippen LogP contribution in [0.3, 0.4) is 0 Å². The Balaban J connectivity index is 2.69. The Hall–Kier alpha value is -1.30. The van der Waals surface area contributed by atoms with E-state index in [0.717, 1.165) is 12.4 Å². The van der Waals surface area contributed by atoms with Crippen LogP contribution >= 0.6 is 11.6 Å². The molecule has 2 aromatic rings. The molecule has 0 saturated heterocycles. The first kappa shape index (κ1) is 9.26. The van der Waals surface area contributed by atoms with Gasteiger partial charge in [0, 0.05) is 0 Å². The molecule has 0 aliphatic heterocycles. The topological polar surface area (TPSA) is 41.6 Å². The van der Waals surface area contributed by atoms with Crippen LogP contribution in [0.2, 0.25) is 5.15 Å². The van der Waals surface area contributed by atoms with Gasteiger partial charge in [-0.25, -0.2) is 9.97 Å². The molecule has 0 spiro atoms. The summed E-state index contributed by atoms with van der Waals surface area (Å²) >= 11 is 5.57.